The van der Waals surface area contributed by atoms with E-state index in [2.05, 4.69) is 0 Å². The number of methoxy groups -OCH3 is 1. The maximum atomic E-state index is 12.2. The molecule has 1 aliphatic heterocycles. The number of carbonyl (C=O) groups excluding carboxylic acids is 1. The van der Waals surface area contributed by atoms with Gasteiger partial charge in [-0.25, -0.2) is 0 Å². The number of carbonyl (C=O) groups is 1. The third-order valence-corrected chi connectivity index (χ3v) is 3.84. The van der Waals surface area contributed by atoms with E-state index in [1.165, 1.54) is 4.90 Å². The normalized spacial score (nSPS) is 18.1. The van der Waals surface area contributed by atoms with Crippen LogP contribution >= 0.6 is 12.2 Å². The molecule has 0 aromatic heterocycles. The molecule has 0 radical (unpaired) electrons. The summed E-state index contributed by atoms with van der Waals surface area (Å²) in [5, 5.41) is 0.521. The van der Waals surface area contributed by atoms with Crippen LogP contribution in [0.15, 0.2) is 30.0 Å². The van der Waals surface area contributed by atoms with Crippen molar-refractivity contribution < 1.29 is 9.53 Å². The van der Waals surface area contributed by atoms with Crippen LogP contribution in [0.1, 0.15) is 12.5 Å². The summed E-state index contributed by atoms with van der Waals surface area (Å²) in [4.78, 5) is 15.4. The van der Waals surface area contributed by atoms with Crippen LogP contribution in [0.5, 0.6) is 5.75 Å². The SMILES string of the molecule is COc1ccc(/C(C)=C2\C(=O)N(C)C(=S)N2C)cc1. The van der Waals surface area contributed by atoms with Gasteiger partial charge in [0.05, 0.1) is 7.11 Å². The molecule has 0 unspecified atom stereocenters. The van der Waals surface area contributed by atoms with Crippen LogP contribution < -0.4 is 4.74 Å². The highest BCUT2D eigenvalue weighted by atomic mass is 32.1. The molecule has 1 saturated heterocycles. The highest BCUT2D eigenvalue weighted by Gasteiger charge is 2.34. The van der Waals surface area contributed by atoms with Gasteiger partial charge in [-0.3, -0.25) is 9.69 Å². The van der Waals surface area contributed by atoms with Gasteiger partial charge in [-0.05, 0) is 42.4 Å². The van der Waals surface area contributed by atoms with E-state index in [1.807, 2.05) is 38.2 Å². The lowest BCUT2D eigenvalue weighted by Gasteiger charge is -2.13. The Morgan fingerprint density at radius 2 is 1.74 bits per heavy atom. The van der Waals surface area contributed by atoms with Gasteiger partial charge in [0.25, 0.3) is 5.91 Å². The lowest BCUT2D eigenvalue weighted by molar-refractivity contribution is -0.121. The van der Waals surface area contributed by atoms with Crippen LogP contribution in [0.3, 0.4) is 0 Å². The van der Waals surface area contributed by atoms with E-state index in [-0.39, 0.29) is 5.91 Å². The molecule has 0 spiro atoms. The Bertz CT molecular complexity index is 563. The van der Waals surface area contributed by atoms with Gasteiger partial charge >= 0.3 is 0 Å². The maximum Gasteiger partial charge on any atom is 0.276 e. The summed E-state index contributed by atoms with van der Waals surface area (Å²) in [7, 11) is 5.13. The van der Waals surface area contributed by atoms with E-state index in [0.29, 0.717) is 10.8 Å². The van der Waals surface area contributed by atoms with E-state index in [1.54, 1.807) is 19.1 Å². The number of allylic oxidation sites excluding steroid dienone is 1. The third-order valence-electron chi connectivity index (χ3n) is 3.29. The summed E-state index contributed by atoms with van der Waals surface area (Å²) >= 11 is 5.20. The molecule has 0 N–H and O–H groups in total. The Hall–Kier alpha value is -1.88. The van der Waals surface area contributed by atoms with Crippen LogP contribution in [0.4, 0.5) is 0 Å². The molecule has 19 heavy (non-hydrogen) atoms. The first kappa shape index (κ1) is 13.5. The first-order chi connectivity index (χ1) is 8.97. The second kappa shape index (κ2) is 5.01. The fraction of sp³-hybridized carbons (Fsp3) is 0.286. The lowest BCUT2D eigenvalue weighted by atomic mass is 10.0. The minimum absolute atomic E-state index is 0.0687. The molecule has 1 amide bonds. The number of rotatable bonds is 2. The Morgan fingerprint density at radius 1 is 1.16 bits per heavy atom. The summed E-state index contributed by atoms with van der Waals surface area (Å²) in [6.07, 6.45) is 0. The molecule has 4 nitrogen and oxygen atoms in total. The summed E-state index contributed by atoms with van der Waals surface area (Å²) in [6.45, 7) is 1.92. The van der Waals surface area contributed by atoms with Gasteiger partial charge in [0, 0.05) is 14.1 Å². The molecule has 1 heterocycles. The summed E-state index contributed by atoms with van der Waals surface area (Å²) < 4.78 is 5.13. The zero-order chi connectivity index (χ0) is 14.2. The van der Waals surface area contributed by atoms with Gasteiger partial charge in [0.2, 0.25) is 0 Å². The molecule has 0 aliphatic carbocycles. The van der Waals surface area contributed by atoms with Crippen LogP contribution in [-0.2, 0) is 4.79 Å². The Balaban J connectivity index is 2.46. The first-order valence-corrected chi connectivity index (χ1v) is 6.29. The zero-order valence-electron chi connectivity index (χ0n) is 11.4. The van der Waals surface area contributed by atoms with Crippen LogP contribution in [-0.4, -0.2) is 42.0 Å². The zero-order valence-corrected chi connectivity index (χ0v) is 12.2. The number of likely N-dealkylation sites (N-methyl/N-ethyl adjacent to an activating group) is 2. The third kappa shape index (κ3) is 2.21. The van der Waals surface area contributed by atoms with E-state index in [9.17, 15) is 4.79 Å². The fourth-order valence-corrected chi connectivity index (χ4v) is 2.27. The van der Waals surface area contributed by atoms with Crippen molar-refractivity contribution >= 4 is 28.8 Å². The Morgan fingerprint density at radius 3 is 2.16 bits per heavy atom. The number of benzene rings is 1. The van der Waals surface area contributed by atoms with Crippen molar-refractivity contribution in [2.45, 2.75) is 6.92 Å². The number of thiocarbonyl (C=S) groups is 1. The van der Waals surface area contributed by atoms with Gasteiger partial charge in [-0.1, -0.05) is 12.1 Å². The number of hydrogen-bond acceptors (Lipinski definition) is 3. The van der Waals surface area contributed by atoms with Crippen LogP contribution in [0.25, 0.3) is 5.57 Å². The minimum atomic E-state index is -0.0687. The molecule has 0 bridgehead atoms. The van der Waals surface area contributed by atoms with E-state index in [4.69, 9.17) is 17.0 Å². The van der Waals surface area contributed by atoms with Gasteiger partial charge in [-0.2, -0.15) is 0 Å². The molecular weight excluding hydrogens is 260 g/mol. The van der Waals surface area contributed by atoms with Crippen molar-refractivity contribution in [1.82, 2.24) is 9.80 Å². The Kier molecular flexibility index (Phi) is 3.57. The average molecular weight is 276 g/mol. The highest BCUT2D eigenvalue weighted by molar-refractivity contribution is 7.80. The first-order valence-electron chi connectivity index (χ1n) is 5.88. The second-order valence-electron chi connectivity index (χ2n) is 4.41. The molecular formula is C14H16N2O2S. The lowest BCUT2D eigenvalue weighted by Crippen LogP contribution is -2.26. The standard InChI is InChI=1S/C14H16N2O2S/c1-9(10-5-7-11(18-4)8-6-10)12-13(17)16(3)14(19)15(12)2/h5-8H,1-4H3/b12-9+. The van der Waals surface area contributed by atoms with Gasteiger partial charge < -0.3 is 9.64 Å². The fourth-order valence-electron chi connectivity index (χ4n) is 2.10. The minimum Gasteiger partial charge on any atom is -0.497 e. The second-order valence-corrected chi connectivity index (χ2v) is 4.77. The quantitative estimate of drug-likeness (QED) is 0.612. The van der Waals surface area contributed by atoms with Crippen molar-refractivity contribution in [3.05, 3.63) is 35.5 Å². The van der Waals surface area contributed by atoms with Crippen LogP contribution in [0, 0.1) is 0 Å². The van der Waals surface area contributed by atoms with Gasteiger partial charge in [0.1, 0.15) is 11.4 Å². The summed E-state index contributed by atoms with van der Waals surface area (Å²) in [5.74, 6) is 0.723. The van der Waals surface area contributed by atoms with E-state index in [0.717, 1.165) is 16.9 Å². The molecule has 100 valence electrons. The van der Waals surface area contributed by atoms with Gasteiger partial charge in [-0.15, -0.1) is 0 Å². The molecule has 2 rings (SSSR count). The predicted molar refractivity (Wildman–Crippen MR) is 78.7 cm³/mol. The van der Waals surface area contributed by atoms with Crippen molar-refractivity contribution in [2.75, 3.05) is 21.2 Å². The number of hydrogen-bond donors (Lipinski definition) is 0. The van der Waals surface area contributed by atoms with E-state index >= 15 is 0 Å². The molecule has 1 aliphatic rings. The van der Waals surface area contributed by atoms with Crippen molar-refractivity contribution in [3.63, 3.8) is 0 Å². The van der Waals surface area contributed by atoms with E-state index < -0.39 is 0 Å². The number of amides is 1. The molecule has 1 aromatic carbocycles. The highest BCUT2D eigenvalue weighted by Crippen LogP contribution is 2.27. The number of nitrogens with zero attached hydrogens (tertiary/aromatic N) is 2. The average Bonchev–Trinajstić information content (AvgIpc) is 2.62. The Labute approximate surface area is 118 Å². The smallest absolute Gasteiger partial charge is 0.276 e. The maximum absolute atomic E-state index is 12.2. The molecule has 1 fully saturated rings. The van der Waals surface area contributed by atoms with Crippen molar-refractivity contribution in [3.8, 4) is 5.75 Å². The van der Waals surface area contributed by atoms with Crippen LogP contribution in [0.2, 0.25) is 0 Å². The summed E-state index contributed by atoms with van der Waals surface area (Å²) in [6, 6.07) is 7.62. The van der Waals surface area contributed by atoms with Crippen molar-refractivity contribution in [1.29, 1.82) is 0 Å². The van der Waals surface area contributed by atoms with Gasteiger partial charge in [0.15, 0.2) is 5.11 Å². The predicted octanol–water partition coefficient (Wildman–Crippen LogP) is 2.11. The molecule has 0 saturated carbocycles. The number of ether oxygens (including phenoxy) is 1. The monoisotopic (exact) mass is 276 g/mol. The molecule has 5 heteroatoms. The largest absolute Gasteiger partial charge is 0.497 e. The van der Waals surface area contributed by atoms with Crippen molar-refractivity contribution in [2.24, 2.45) is 0 Å². The molecule has 1 aromatic rings. The molecule has 0 atom stereocenters. The summed E-state index contributed by atoms with van der Waals surface area (Å²) in [5.41, 5.74) is 2.51. The topological polar surface area (TPSA) is 32.8 Å².